The average Bonchev–Trinajstić information content (AvgIpc) is 2.15. The second kappa shape index (κ2) is 4.64. The first kappa shape index (κ1) is 12.7. The third-order valence-corrected chi connectivity index (χ3v) is 2.12. The minimum atomic E-state index is -1.14. The molecule has 88 valence electrons. The van der Waals surface area contributed by atoms with Gasteiger partial charge >= 0.3 is 0 Å². The van der Waals surface area contributed by atoms with E-state index >= 15 is 0 Å². The van der Waals surface area contributed by atoms with Gasteiger partial charge in [-0.2, -0.15) is 0 Å². The lowest BCUT2D eigenvalue weighted by Crippen LogP contribution is -2.40. The van der Waals surface area contributed by atoms with Crippen molar-refractivity contribution in [1.82, 2.24) is 5.32 Å². The van der Waals surface area contributed by atoms with E-state index in [2.05, 4.69) is 5.32 Å². The van der Waals surface area contributed by atoms with E-state index in [0.29, 0.717) is 11.1 Å². The molecule has 0 aliphatic rings. The van der Waals surface area contributed by atoms with E-state index < -0.39 is 6.17 Å². The topological polar surface area (TPSA) is 29.1 Å². The number of hydrogen-bond donors (Lipinski definition) is 1. The summed E-state index contributed by atoms with van der Waals surface area (Å²) in [7, 11) is 0. The Kier molecular flexibility index (Phi) is 3.68. The van der Waals surface area contributed by atoms with Crippen molar-refractivity contribution in [2.24, 2.45) is 0 Å². The third kappa shape index (κ3) is 3.33. The number of halogens is 1. The summed E-state index contributed by atoms with van der Waals surface area (Å²) < 4.78 is 13.3. The van der Waals surface area contributed by atoms with Crippen molar-refractivity contribution in [2.75, 3.05) is 0 Å². The van der Waals surface area contributed by atoms with Gasteiger partial charge in [0.05, 0.1) is 0 Å². The van der Waals surface area contributed by atoms with Gasteiger partial charge in [-0.25, -0.2) is 4.39 Å². The van der Waals surface area contributed by atoms with Gasteiger partial charge in [-0.05, 0) is 39.3 Å². The number of benzene rings is 1. The predicted octanol–water partition coefficient (Wildman–Crippen LogP) is 3.25. The van der Waals surface area contributed by atoms with Crippen LogP contribution >= 0.6 is 0 Å². The van der Waals surface area contributed by atoms with Crippen LogP contribution in [0.3, 0.4) is 0 Å². The van der Waals surface area contributed by atoms with Crippen molar-refractivity contribution in [3.05, 3.63) is 35.4 Å². The molecule has 0 fully saturated rings. The first-order chi connectivity index (χ1) is 7.31. The molecular formula is C13H18FNO. The van der Waals surface area contributed by atoms with Gasteiger partial charge in [0.25, 0.3) is 5.91 Å². The zero-order chi connectivity index (χ0) is 12.3. The second-order valence-corrected chi connectivity index (χ2v) is 4.91. The van der Waals surface area contributed by atoms with Gasteiger partial charge in [0, 0.05) is 11.1 Å². The monoisotopic (exact) mass is 223 g/mol. The smallest absolute Gasteiger partial charge is 0.252 e. The summed E-state index contributed by atoms with van der Waals surface area (Å²) in [4.78, 5) is 11.9. The summed E-state index contributed by atoms with van der Waals surface area (Å²) >= 11 is 0. The third-order valence-electron chi connectivity index (χ3n) is 2.12. The van der Waals surface area contributed by atoms with Crippen LogP contribution < -0.4 is 5.32 Å². The Morgan fingerprint density at radius 3 is 2.38 bits per heavy atom. The van der Waals surface area contributed by atoms with Crippen molar-refractivity contribution >= 4 is 5.91 Å². The Morgan fingerprint density at radius 1 is 1.31 bits per heavy atom. The molecule has 1 N–H and O–H groups in total. The average molecular weight is 223 g/mol. The first-order valence-electron chi connectivity index (χ1n) is 5.37. The summed E-state index contributed by atoms with van der Waals surface area (Å²) in [5.74, 6) is -0.229. The van der Waals surface area contributed by atoms with E-state index in [-0.39, 0.29) is 11.4 Å². The maximum Gasteiger partial charge on any atom is 0.252 e. The van der Waals surface area contributed by atoms with E-state index in [4.69, 9.17) is 0 Å². The van der Waals surface area contributed by atoms with Gasteiger partial charge in [0.15, 0.2) is 0 Å². The van der Waals surface area contributed by atoms with E-state index in [1.165, 1.54) is 6.92 Å². The maximum atomic E-state index is 13.3. The van der Waals surface area contributed by atoms with E-state index in [1.807, 2.05) is 20.8 Å². The predicted molar refractivity (Wildman–Crippen MR) is 63.2 cm³/mol. The van der Waals surface area contributed by atoms with Gasteiger partial charge in [0.1, 0.15) is 6.17 Å². The molecule has 0 unspecified atom stereocenters. The molecule has 1 amide bonds. The van der Waals surface area contributed by atoms with E-state index in [9.17, 15) is 9.18 Å². The Bertz CT molecular complexity index is 380. The number of carbonyl (C=O) groups excluding carboxylic acids is 1. The highest BCUT2D eigenvalue weighted by molar-refractivity contribution is 5.96. The van der Waals surface area contributed by atoms with Crippen molar-refractivity contribution in [1.29, 1.82) is 0 Å². The fraction of sp³-hybridized carbons (Fsp3) is 0.462. The molecule has 0 aliphatic heterocycles. The lowest BCUT2D eigenvalue weighted by Gasteiger charge is -2.21. The number of alkyl halides is 1. The van der Waals surface area contributed by atoms with Crippen LogP contribution in [0.2, 0.25) is 0 Å². The van der Waals surface area contributed by atoms with E-state index in [1.54, 1.807) is 24.3 Å². The highest BCUT2D eigenvalue weighted by atomic mass is 19.1. The molecule has 0 spiro atoms. The van der Waals surface area contributed by atoms with Crippen molar-refractivity contribution in [2.45, 2.75) is 39.4 Å². The highest BCUT2D eigenvalue weighted by Gasteiger charge is 2.19. The van der Waals surface area contributed by atoms with Crippen molar-refractivity contribution in [3.8, 4) is 0 Å². The zero-order valence-electron chi connectivity index (χ0n) is 10.2. The standard InChI is InChI=1S/C13H18FNO/c1-9(14)10-7-5-6-8-11(10)12(16)15-13(2,3)4/h5-9H,1-4H3,(H,15,16)/t9-/m0/s1. The SMILES string of the molecule is C[C@H](F)c1ccccc1C(=O)NC(C)(C)C. The molecule has 1 rings (SSSR count). The number of carbonyl (C=O) groups is 1. The largest absolute Gasteiger partial charge is 0.347 e. The molecule has 0 heterocycles. The van der Waals surface area contributed by atoms with Crippen molar-refractivity contribution < 1.29 is 9.18 Å². The molecule has 0 aliphatic carbocycles. The first-order valence-corrected chi connectivity index (χ1v) is 5.37. The molecular weight excluding hydrogens is 205 g/mol. The summed E-state index contributed by atoms with van der Waals surface area (Å²) in [6.45, 7) is 7.12. The Balaban J connectivity index is 3.00. The molecule has 0 saturated carbocycles. The lowest BCUT2D eigenvalue weighted by molar-refractivity contribution is 0.0916. The van der Waals surface area contributed by atoms with Crippen LogP contribution in [-0.4, -0.2) is 11.4 Å². The molecule has 1 aromatic rings. The zero-order valence-corrected chi connectivity index (χ0v) is 10.2. The number of rotatable bonds is 2. The quantitative estimate of drug-likeness (QED) is 0.819. The molecule has 0 saturated heterocycles. The van der Waals surface area contributed by atoms with Gasteiger partial charge in [0.2, 0.25) is 0 Å². The van der Waals surface area contributed by atoms with Crippen LogP contribution in [-0.2, 0) is 0 Å². The molecule has 0 bridgehead atoms. The van der Waals surface area contributed by atoms with Gasteiger partial charge in [-0.15, -0.1) is 0 Å². The molecule has 16 heavy (non-hydrogen) atoms. The number of hydrogen-bond acceptors (Lipinski definition) is 1. The van der Waals surface area contributed by atoms with Crippen molar-refractivity contribution in [3.63, 3.8) is 0 Å². The molecule has 2 nitrogen and oxygen atoms in total. The van der Waals surface area contributed by atoms with Crippen LogP contribution in [0.4, 0.5) is 4.39 Å². The normalized spacial score (nSPS) is 13.3. The summed E-state index contributed by atoms with van der Waals surface area (Å²) in [6.07, 6.45) is -1.14. The minimum Gasteiger partial charge on any atom is -0.347 e. The van der Waals surface area contributed by atoms with Crippen LogP contribution in [0.5, 0.6) is 0 Å². The number of amides is 1. The lowest BCUT2D eigenvalue weighted by atomic mass is 10.0. The fourth-order valence-corrected chi connectivity index (χ4v) is 1.46. The minimum absolute atomic E-state index is 0.229. The van der Waals surface area contributed by atoms with Gasteiger partial charge < -0.3 is 5.32 Å². The van der Waals surface area contributed by atoms with Crippen LogP contribution in [0.1, 0.15) is 49.8 Å². The molecule has 3 heteroatoms. The molecule has 1 atom stereocenters. The highest BCUT2D eigenvalue weighted by Crippen LogP contribution is 2.21. The molecule has 0 radical (unpaired) electrons. The Labute approximate surface area is 95.9 Å². The second-order valence-electron chi connectivity index (χ2n) is 4.91. The molecule has 1 aromatic carbocycles. The summed E-state index contributed by atoms with van der Waals surface area (Å²) in [5.41, 5.74) is 0.528. The summed E-state index contributed by atoms with van der Waals surface area (Å²) in [5, 5.41) is 2.83. The Morgan fingerprint density at radius 2 is 1.88 bits per heavy atom. The summed E-state index contributed by atoms with van der Waals surface area (Å²) in [6, 6.07) is 6.76. The van der Waals surface area contributed by atoms with Gasteiger partial charge in [-0.1, -0.05) is 18.2 Å². The molecule has 0 aromatic heterocycles. The van der Waals surface area contributed by atoms with Crippen LogP contribution in [0, 0.1) is 0 Å². The van der Waals surface area contributed by atoms with Crippen LogP contribution in [0.25, 0.3) is 0 Å². The van der Waals surface area contributed by atoms with E-state index in [0.717, 1.165) is 0 Å². The van der Waals surface area contributed by atoms with Crippen LogP contribution in [0.15, 0.2) is 24.3 Å². The van der Waals surface area contributed by atoms with Gasteiger partial charge in [-0.3, -0.25) is 4.79 Å². The fourth-order valence-electron chi connectivity index (χ4n) is 1.46. The number of nitrogens with one attached hydrogen (secondary N) is 1. The maximum absolute atomic E-state index is 13.3. The Hall–Kier alpha value is -1.38.